The molecule has 0 spiro atoms. The number of rotatable bonds is 5. The Morgan fingerprint density at radius 3 is 2.14 bits per heavy atom. The zero-order valence-corrected chi connectivity index (χ0v) is 18.3. The summed E-state index contributed by atoms with van der Waals surface area (Å²) in [5, 5.41) is 3.74. The lowest BCUT2D eigenvalue weighted by Gasteiger charge is -2.34. The number of nitrogens with one attached hydrogen (secondary N) is 1. The number of hydrogen-bond acceptors (Lipinski definition) is 3. The molecule has 1 aliphatic heterocycles. The Morgan fingerprint density at radius 1 is 0.966 bits per heavy atom. The van der Waals surface area contributed by atoms with Gasteiger partial charge in [0.1, 0.15) is 0 Å². The molecular formula is C21H22Cl3N3O2. The van der Waals surface area contributed by atoms with Crippen LogP contribution in [0.2, 0.25) is 15.1 Å². The molecule has 1 fully saturated rings. The molecular weight excluding hydrogens is 433 g/mol. The molecule has 0 saturated carbocycles. The first-order valence-electron chi connectivity index (χ1n) is 9.32. The standard InChI is InChI=1S/C21H22Cl3N3O2/c1-14-2-4-15(5-3-14)10-20(29)27-8-6-26(7-9-27)13-19(28)25-21-17(23)11-16(22)12-18(21)24/h2-5,11-12H,6-10,13H2,1H3,(H,25,28). The second-order valence-corrected chi connectivity index (χ2v) is 8.36. The number of carbonyl (C=O) groups is 2. The molecule has 3 rings (SSSR count). The van der Waals surface area contributed by atoms with Gasteiger partial charge in [-0.1, -0.05) is 64.6 Å². The van der Waals surface area contributed by atoms with E-state index in [-0.39, 0.29) is 18.4 Å². The maximum Gasteiger partial charge on any atom is 0.238 e. The number of amides is 2. The van der Waals surface area contributed by atoms with Crippen molar-refractivity contribution >= 4 is 52.3 Å². The fourth-order valence-electron chi connectivity index (χ4n) is 3.19. The molecule has 0 bridgehead atoms. The first-order valence-corrected chi connectivity index (χ1v) is 10.5. The molecule has 2 amide bonds. The van der Waals surface area contributed by atoms with E-state index in [2.05, 4.69) is 5.32 Å². The van der Waals surface area contributed by atoms with Crippen LogP contribution in [0.15, 0.2) is 36.4 Å². The molecule has 0 atom stereocenters. The largest absolute Gasteiger partial charge is 0.340 e. The quantitative estimate of drug-likeness (QED) is 0.733. The van der Waals surface area contributed by atoms with Crippen molar-refractivity contribution < 1.29 is 9.59 Å². The summed E-state index contributed by atoms with van der Waals surface area (Å²) in [5.74, 6) is -0.103. The first-order chi connectivity index (χ1) is 13.8. The number of halogens is 3. The number of hydrogen-bond donors (Lipinski definition) is 1. The van der Waals surface area contributed by atoms with Gasteiger partial charge >= 0.3 is 0 Å². The summed E-state index contributed by atoms with van der Waals surface area (Å²) in [6.45, 7) is 4.69. The van der Waals surface area contributed by atoms with E-state index >= 15 is 0 Å². The molecule has 5 nitrogen and oxygen atoms in total. The molecule has 1 aliphatic rings. The van der Waals surface area contributed by atoms with E-state index in [9.17, 15) is 9.59 Å². The third-order valence-corrected chi connectivity index (χ3v) is 5.65. The van der Waals surface area contributed by atoms with E-state index in [0.29, 0.717) is 53.4 Å². The van der Waals surface area contributed by atoms with E-state index in [1.54, 1.807) is 0 Å². The summed E-state index contributed by atoms with van der Waals surface area (Å²) >= 11 is 18.1. The highest BCUT2D eigenvalue weighted by molar-refractivity contribution is 6.42. The van der Waals surface area contributed by atoms with Gasteiger partial charge in [0.25, 0.3) is 0 Å². The van der Waals surface area contributed by atoms with Crippen molar-refractivity contribution in [3.8, 4) is 0 Å². The van der Waals surface area contributed by atoms with Crippen LogP contribution in [0.4, 0.5) is 5.69 Å². The molecule has 1 saturated heterocycles. The van der Waals surface area contributed by atoms with Crippen molar-refractivity contribution in [2.24, 2.45) is 0 Å². The monoisotopic (exact) mass is 453 g/mol. The minimum absolute atomic E-state index is 0.109. The van der Waals surface area contributed by atoms with Crippen LogP contribution >= 0.6 is 34.8 Å². The maximum absolute atomic E-state index is 12.5. The van der Waals surface area contributed by atoms with Crippen molar-refractivity contribution in [2.45, 2.75) is 13.3 Å². The van der Waals surface area contributed by atoms with Crippen molar-refractivity contribution in [1.82, 2.24) is 9.80 Å². The third-order valence-electron chi connectivity index (χ3n) is 4.84. The van der Waals surface area contributed by atoms with Crippen LogP contribution < -0.4 is 5.32 Å². The predicted molar refractivity (Wildman–Crippen MR) is 118 cm³/mol. The molecule has 0 unspecified atom stereocenters. The van der Waals surface area contributed by atoms with E-state index in [0.717, 1.165) is 5.56 Å². The SMILES string of the molecule is Cc1ccc(CC(=O)N2CCN(CC(=O)Nc3c(Cl)cc(Cl)cc3Cl)CC2)cc1. The molecule has 0 aromatic heterocycles. The third kappa shape index (κ3) is 6.09. The lowest BCUT2D eigenvalue weighted by molar-refractivity contribution is -0.132. The fourth-order valence-corrected chi connectivity index (χ4v) is 4.10. The van der Waals surface area contributed by atoms with Gasteiger partial charge in [-0.2, -0.15) is 0 Å². The number of anilines is 1. The number of piperazine rings is 1. The Hall–Kier alpha value is -1.79. The van der Waals surface area contributed by atoms with Crippen LogP contribution in [-0.2, 0) is 16.0 Å². The van der Waals surface area contributed by atoms with Crippen molar-refractivity contribution in [3.05, 3.63) is 62.6 Å². The van der Waals surface area contributed by atoms with Gasteiger partial charge in [0.2, 0.25) is 11.8 Å². The zero-order chi connectivity index (χ0) is 21.0. The van der Waals surface area contributed by atoms with Crippen molar-refractivity contribution in [3.63, 3.8) is 0 Å². The number of aryl methyl sites for hydroxylation is 1. The normalized spacial score (nSPS) is 14.7. The zero-order valence-electron chi connectivity index (χ0n) is 16.1. The second kappa shape index (κ2) is 9.81. The van der Waals surface area contributed by atoms with E-state index in [1.807, 2.05) is 41.0 Å². The van der Waals surface area contributed by atoms with Crippen molar-refractivity contribution in [1.29, 1.82) is 0 Å². The number of nitrogens with zero attached hydrogens (tertiary/aromatic N) is 2. The lowest BCUT2D eigenvalue weighted by Crippen LogP contribution is -2.50. The van der Waals surface area contributed by atoms with Gasteiger partial charge in [-0.05, 0) is 24.6 Å². The Balaban J connectivity index is 1.47. The lowest BCUT2D eigenvalue weighted by atomic mass is 10.1. The highest BCUT2D eigenvalue weighted by Gasteiger charge is 2.23. The molecule has 1 N–H and O–H groups in total. The summed E-state index contributed by atoms with van der Waals surface area (Å²) in [6, 6.07) is 11.1. The minimum atomic E-state index is -0.212. The van der Waals surface area contributed by atoms with E-state index in [1.165, 1.54) is 17.7 Å². The number of carbonyl (C=O) groups excluding carboxylic acids is 2. The van der Waals surface area contributed by atoms with Crippen molar-refractivity contribution in [2.75, 3.05) is 38.0 Å². The predicted octanol–water partition coefficient (Wildman–Crippen LogP) is 4.28. The molecule has 0 aliphatic carbocycles. The Labute approximate surface area is 185 Å². The first kappa shape index (κ1) is 21.9. The summed E-state index contributed by atoms with van der Waals surface area (Å²) in [5.41, 5.74) is 2.54. The molecule has 1 heterocycles. The van der Waals surface area contributed by atoms with Crippen LogP contribution in [0.5, 0.6) is 0 Å². The highest BCUT2D eigenvalue weighted by Crippen LogP contribution is 2.33. The number of benzene rings is 2. The van der Waals surface area contributed by atoms with Crippen LogP contribution in [0.1, 0.15) is 11.1 Å². The van der Waals surface area contributed by atoms with E-state index in [4.69, 9.17) is 34.8 Å². The molecule has 0 radical (unpaired) electrons. The average Bonchev–Trinajstić information content (AvgIpc) is 2.67. The summed E-state index contributed by atoms with van der Waals surface area (Å²) in [7, 11) is 0. The Morgan fingerprint density at radius 2 is 1.55 bits per heavy atom. The maximum atomic E-state index is 12.5. The molecule has 29 heavy (non-hydrogen) atoms. The highest BCUT2D eigenvalue weighted by atomic mass is 35.5. The van der Waals surface area contributed by atoms with Crippen LogP contribution in [0, 0.1) is 6.92 Å². The Kier molecular flexibility index (Phi) is 7.41. The van der Waals surface area contributed by atoms with E-state index < -0.39 is 0 Å². The molecule has 154 valence electrons. The van der Waals surface area contributed by atoms with Gasteiger partial charge < -0.3 is 10.2 Å². The Bertz CT molecular complexity index is 872. The minimum Gasteiger partial charge on any atom is -0.340 e. The second-order valence-electron chi connectivity index (χ2n) is 7.11. The fraction of sp³-hybridized carbons (Fsp3) is 0.333. The molecule has 2 aromatic rings. The van der Waals surface area contributed by atoms with Gasteiger partial charge in [-0.3, -0.25) is 14.5 Å². The summed E-state index contributed by atoms with van der Waals surface area (Å²) in [4.78, 5) is 28.7. The van der Waals surface area contributed by atoms with Crippen LogP contribution in [-0.4, -0.2) is 54.3 Å². The topological polar surface area (TPSA) is 52.7 Å². The van der Waals surface area contributed by atoms with Gasteiger partial charge in [-0.15, -0.1) is 0 Å². The average molecular weight is 455 g/mol. The van der Waals surface area contributed by atoms with Gasteiger partial charge in [0.05, 0.1) is 28.7 Å². The van der Waals surface area contributed by atoms with Gasteiger partial charge in [0, 0.05) is 31.2 Å². The molecule has 2 aromatic carbocycles. The van der Waals surface area contributed by atoms with Crippen LogP contribution in [0.3, 0.4) is 0 Å². The molecule has 8 heteroatoms. The summed E-state index contributed by atoms with van der Waals surface area (Å²) < 4.78 is 0. The van der Waals surface area contributed by atoms with Gasteiger partial charge in [0.15, 0.2) is 0 Å². The van der Waals surface area contributed by atoms with Gasteiger partial charge in [-0.25, -0.2) is 0 Å². The van der Waals surface area contributed by atoms with Crippen LogP contribution in [0.25, 0.3) is 0 Å². The smallest absolute Gasteiger partial charge is 0.238 e. The summed E-state index contributed by atoms with van der Waals surface area (Å²) in [6.07, 6.45) is 0.397.